The number of alkyl halides is 3. The molecule has 1 aromatic carbocycles. The normalized spacial score (nSPS) is 14.3. The van der Waals surface area contributed by atoms with Gasteiger partial charge in [0, 0.05) is 18.4 Å². The Morgan fingerprint density at radius 2 is 2.00 bits per heavy atom. The molecule has 0 amide bonds. The van der Waals surface area contributed by atoms with E-state index in [0.29, 0.717) is 23.8 Å². The van der Waals surface area contributed by atoms with E-state index in [1.54, 1.807) is 18.3 Å². The first-order valence-electron chi connectivity index (χ1n) is 8.11. The van der Waals surface area contributed by atoms with E-state index in [-0.39, 0.29) is 24.3 Å². The number of rotatable bonds is 4. The van der Waals surface area contributed by atoms with E-state index in [9.17, 15) is 17.6 Å². The maximum atomic E-state index is 13.4. The van der Waals surface area contributed by atoms with Crippen molar-refractivity contribution in [2.24, 2.45) is 15.8 Å². The predicted octanol–water partition coefficient (Wildman–Crippen LogP) is 2.46. The van der Waals surface area contributed by atoms with E-state index in [1.807, 2.05) is 0 Å². The van der Waals surface area contributed by atoms with Crippen LogP contribution in [0, 0.1) is 5.82 Å². The Morgan fingerprint density at radius 3 is 2.66 bits per heavy atom. The minimum absolute atomic E-state index is 0.00360. The molecule has 8 nitrogen and oxygen atoms in total. The Bertz CT molecular complexity index is 930. The number of nitrogens with two attached hydrogens (primary N) is 1. The number of benzene rings is 1. The number of hydrogen-bond donors (Lipinski definition) is 4. The SMILES string of the molecule is NNC1=NC(Nc2ccc(F)c(C(F)(F)F)c2)=NCN1NCc1ccc(Cl)nc1. The lowest BCUT2D eigenvalue weighted by Crippen LogP contribution is -2.53. The molecule has 0 saturated heterocycles. The first kappa shape index (κ1) is 20.8. The first-order valence-corrected chi connectivity index (χ1v) is 8.49. The van der Waals surface area contributed by atoms with Gasteiger partial charge in [0.15, 0.2) is 0 Å². The molecule has 1 aliphatic rings. The van der Waals surface area contributed by atoms with Crippen LogP contribution >= 0.6 is 11.6 Å². The van der Waals surface area contributed by atoms with Gasteiger partial charge in [0.05, 0.1) is 5.56 Å². The minimum atomic E-state index is -4.82. The van der Waals surface area contributed by atoms with Gasteiger partial charge in [-0.2, -0.15) is 18.2 Å². The third-order valence-corrected chi connectivity index (χ3v) is 3.97. The molecule has 1 aromatic heterocycles. The summed E-state index contributed by atoms with van der Waals surface area (Å²) in [5.41, 5.74) is 4.83. The molecule has 2 aromatic rings. The van der Waals surface area contributed by atoms with Crippen LogP contribution in [0.2, 0.25) is 5.15 Å². The fourth-order valence-corrected chi connectivity index (χ4v) is 2.46. The van der Waals surface area contributed by atoms with Gasteiger partial charge in [0.2, 0.25) is 11.9 Å². The highest BCUT2D eigenvalue weighted by molar-refractivity contribution is 6.29. The van der Waals surface area contributed by atoms with Gasteiger partial charge in [-0.3, -0.25) is 10.4 Å². The Labute approximate surface area is 167 Å². The fourth-order valence-electron chi connectivity index (χ4n) is 2.35. The number of aromatic nitrogens is 1. The molecule has 1 aliphatic heterocycles. The summed E-state index contributed by atoms with van der Waals surface area (Å²) >= 11 is 5.74. The molecular weight excluding hydrogens is 416 g/mol. The number of hydrazine groups is 2. The molecule has 0 saturated carbocycles. The van der Waals surface area contributed by atoms with Gasteiger partial charge >= 0.3 is 6.18 Å². The second-order valence-corrected chi connectivity index (χ2v) is 6.16. The number of aliphatic imine (C=N–C) groups is 2. The molecule has 0 bridgehead atoms. The van der Waals surface area contributed by atoms with Crippen molar-refractivity contribution in [2.45, 2.75) is 12.7 Å². The van der Waals surface area contributed by atoms with Crippen molar-refractivity contribution in [3.05, 3.63) is 58.6 Å². The lowest BCUT2D eigenvalue weighted by atomic mass is 10.2. The topological polar surface area (TPSA) is 103 Å². The summed E-state index contributed by atoms with van der Waals surface area (Å²) in [5.74, 6) is 4.27. The molecule has 0 spiro atoms. The van der Waals surface area contributed by atoms with E-state index in [1.165, 1.54) is 5.01 Å². The fraction of sp³-hybridized carbons (Fsp3) is 0.188. The molecule has 0 fully saturated rings. The predicted molar refractivity (Wildman–Crippen MR) is 100 cm³/mol. The van der Waals surface area contributed by atoms with Crippen LogP contribution in [0.1, 0.15) is 11.1 Å². The van der Waals surface area contributed by atoms with Crippen molar-refractivity contribution < 1.29 is 17.6 Å². The molecule has 154 valence electrons. The Balaban J connectivity index is 1.67. The lowest BCUT2D eigenvalue weighted by molar-refractivity contribution is -0.139. The standard InChI is InChI=1S/C16H15ClF4N8/c17-13-4-1-9(6-23-13)7-25-29-8-24-14(27-15(29)28-22)26-10-2-3-12(18)11(5-10)16(19,20)21/h1-6,25H,7-8,22H2,(H2,24,26,27,28). The summed E-state index contributed by atoms with van der Waals surface area (Å²) in [6, 6.07) is 5.93. The van der Waals surface area contributed by atoms with Gasteiger partial charge in [-0.1, -0.05) is 17.7 Å². The van der Waals surface area contributed by atoms with Gasteiger partial charge in [-0.05, 0) is 29.8 Å². The highest BCUT2D eigenvalue weighted by Gasteiger charge is 2.34. The number of halogens is 5. The zero-order valence-electron chi connectivity index (χ0n) is 14.6. The van der Waals surface area contributed by atoms with Gasteiger partial charge < -0.3 is 5.32 Å². The van der Waals surface area contributed by atoms with Crippen molar-refractivity contribution in [3.8, 4) is 0 Å². The Hall–Kier alpha value is -2.96. The van der Waals surface area contributed by atoms with Crippen LogP contribution in [-0.2, 0) is 12.7 Å². The number of nitrogens with zero attached hydrogens (tertiary/aromatic N) is 4. The minimum Gasteiger partial charge on any atom is -0.324 e. The summed E-state index contributed by atoms with van der Waals surface area (Å²) in [6.45, 7) is 0.426. The van der Waals surface area contributed by atoms with Crippen LogP contribution in [0.15, 0.2) is 46.5 Å². The summed E-state index contributed by atoms with van der Waals surface area (Å²) in [4.78, 5) is 12.2. The van der Waals surface area contributed by atoms with Gasteiger partial charge in [0.25, 0.3) is 0 Å². The summed E-state index contributed by atoms with van der Waals surface area (Å²) in [7, 11) is 0. The number of nitrogens with one attached hydrogen (secondary N) is 3. The van der Waals surface area contributed by atoms with Gasteiger partial charge in [-0.15, -0.1) is 0 Å². The average molecular weight is 431 g/mol. The number of pyridine rings is 1. The maximum Gasteiger partial charge on any atom is 0.419 e. The van der Waals surface area contributed by atoms with Crippen LogP contribution in [0.4, 0.5) is 23.2 Å². The van der Waals surface area contributed by atoms with Crippen LogP contribution in [0.25, 0.3) is 0 Å². The first-order chi connectivity index (χ1) is 13.8. The Morgan fingerprint density at radius 1 is 1.21 bits per heavy atom. The third-order valence-electron chi connectivity index (χ3n) is 3.75. The third kappa shape index (κ3) is 5.31. The second-order valence-electron chi connectivity index (χ2n) is 5.77. The highest BCUT2D eigenvalue weighted by atomic mass is 35.5. The molecule has 13 heteroatoms. The zero-order valence-corrected chi connectivity index (χ0v) is 15.4. The quantitative estimate of drug-likeness (QED) is 0.257. The molecule has 2 heterocycles. The molecule has 0 aliphatic carbocycles. The molecule has 0 radical (unpaired) electrons. The van der Waals surface area contributed by atoms with E-state index in [4.69, 9.17) is 17.4 Å². The van der Waals surface area contributed by atoms with Gasteiger partial charge in [-0.25, -0.2) is 25.6 Å². The van der Waals surface area contributed by atoms with Crippen LogP contribution < -0.4 is 22.0 Å². The van der Waals surface area contributed by atoms with Crippen molar-refractivity contribution in [2.75, 3.05) is 12.0 Å². The number of anilines is 1. The van der Waals surface area contributed by atoms with E-state index in [0.717, 1.165) is 11.6 Å². The summed E-state index contributed by atoms with van der Waals surface area (Å²) in [6.07, 6.45) is -3.23. The van der Waals surface area contributed by atoms with Gasteiger partial charge in [0.1, 0.15) is 17.6 Å². The smallest absolute Gasteiger partial charge is 0.324 e. The van der Waals surface area contributed by atoms with Crippen molar-refractivity contribution in [1.82, 2.24) is 20.8 Å². The van der Waals surface area contributed by atoms with E-state index in [2.05, 4.69) is 31.1 Å². The molecule has 0 unspecified atom stereocenters. The van der Waals surface area contributed by atoms with Crippen LogP contribution in [0.5, 0.6) is 0 Å². The molecule has 3 rings (SSSR count). The van der Waals surface area contributed by atoms with Crippen LogP contribution in [-0.4, -0.2) is 28.6 Å². The summed E-state index contributed by atoms with van der Waals surface area (Å²) in [5, 5.41) is 4.47. The molecule has 5 N–H and O–H groups in total. The Kier molecular flexibility index (Phi) is 6.15. The average Bonchev–Trinajstić information content (AvgIpc) is 2.68. The maximum absolute atomic E-state index is 13.4. The molecule has 29 heavy (non-hydrogen) atoms. The molecular formula is C16H15ClF4N8. The monoisotopic (exact) mass is 430 g/mol. The lowest BCUT2D eigenvalue weighted by Gasteiger charge is -2.27. The summed E-state index contributed by atoms with van der Waals surface area (Å²) < 4.78 is 51.9. The van der Waals surface area contributed by atoms with Crippen molar-refractivity contribution in [1.29, 1.82) is 0 Å². The van der Waals surface area contributed by atoms with Crippen LogP contribution in [0.3, 0.4) is 0 Å². The zero-order chi connectivity index (χ0) is 21.0. The van der Waals surface area contributed by atoms with Crippen molar-refractivity contribution in [3.63, 3.8) is 0 Å². The number of hydrogen-bond acceptors (Lipinski definition) is 8. The van der Waals surface area contributed by atoms with E-state index < -0.39 is 17.6 Å². The largest absolute Gasteiger partial charge is 0.419 e. The number of guanidine groups is 2. The van der Waals surface area contributed by atoms with E-state index >= 15 is 0 Å². The second kappa shape index (κ2) is 8.59. The van der Waals surface area contributed by atoms with Crippen molar-refractivity contribution >= 4 is 29.2 Å². The highest BCUT2D eigenvalue weighted by Crippen LogP contribution is 2.33. The molecule has 0 atom stereocenters.